The second-order valence-electron chi connectivity index (χ2n) is 7.78. The van der Waals surface area contributed by atoms with Gasteiger partial charge >= 0.3 is 5.97 Å². The van der Waals surface area contributed by atoms with Crippen molar-refractivity contribution in [3.05, 3.63) is 59.7 Å². The molecule has 0 spiro atoms. The molecule has 0 aromatic heterocycles. The molecule has 1 N–H and O–H groups in total. The Morgan fingerprint density at radius 3 is 2.40 bits per heavy atom. The molecular weight excluding hydrogens is 382 g/mol. The van der Waals surface area contributed by atoms with Crippen LogP contribution in [0.1, 0.15) is 55.6 Å². The Kier molecular flexibility index (Phi) is 7.33. The van der Waals surface area contributed by atoms with E-state index < -0.39 is 12.1 Å². The van der Waals surface area contributed by atoms with Crippen molar-refractivity contribution in [2.24, 2.45) is 5.92 Å². The Hall–Kier alpha value is -3.02. The minimum Gasteiger partial charge on any atom is -0.490 e. The second kappa shape index (κ2) is 10.1. The monoisotopic (exact) mass is 411 g/mol. The normalized spacial score (nSPS) is 14.1. The maximum atomic E-state index is 12.9. The minimum atomic E-state index is -1.01. The van der Waals surface area contributed by atoms with Crippen LogP contribution in [0, 0.1) is 5.92 Å². The SMILES string of the molecule is CCOc1cc(C(=O)O[C@H](C(=O)NC2CC2)c2ccccc2)ccc1OCC(C)C. The lowest BCUT2D eigenvalue weighted by Gasteiger charge is -2.19. The van der Waals surface area contributed by atoms with Gasteiger partial charge in [-0.15, -0.1) is 0 Å². The molecular formula is C24H29NO5. The zero-order valence-corrected chi connectivity index (χ0v) is 17.7. The molecule has 1 aliphatic carbocycles. The zero-order chi connectivity index (χ0) is 21.5. The molecule has 160 valence electrons. The maximum absolute atomic E-state index is 12.9. The Balaban J connectivity index is 1.78. The van der Waals surface area contributed by atoms with Crippen LogP contribution in [0.4, 0.5) is 0 Å². The number of carbonyl (C=O) groups excluding carboxylic acids is 2. The van der Waals surface area contributed by atoms with Crippen molar-refractivity contribution < 1.29 is 23.8 Å². The lowest BCUT2D eigenvalue weighted by atomic mass is 10.1. The predicted molar refractivity (Wildman–Crippen MR) is 114 cm³/mol. The van der Waals surface area contributed by atoms with Crippen LogP contribution in [0.2, 0.25) is 0 Å². The van der Waals surface area contributed by atoms with E-state index in [2.05, 4.69) is 19.2 Å². The Bertz CT molecular complexity index is 861. The fraction of sp³-hybridized carbons (Fsp3) is 0.417. The predicted octanol–water partition coefficient (Wildman–Crippen LogP) is 4.30. The first-order valence-electron chi connectivity index (χ1n) is 10.4. The summed E-state index contributed by atoms with van der Waals surface area (Å²) in [5.74, 6) is 0.519. The highest BCUT2D eigenvalue weighted by Gasteiger charge is 2.31. The summed E-state index contributed by atoms with van der Waals surface area (Å²) in [7, 11) is 0. The van der Waals surface area contributed by atoms with Crippen molar-refractivity contribution in [1.29, 1.82) is 0 Å². The number of carbonyl (C=O) groups is 2. The molecule has 1 aliphatic rings. The van der Waals surface area contributed by atoms with Gasteiger partial charge in [0, 0.05) is 11.6 Å². The van der Waals surface area contributed by atoms with E-state index in [1.807, 2.05) is 25.1 Å². The van der Waals surface area contributed by atoms with Gasteiger partial charge in [0.25, 0.3) is 5.91 Å². The Morgan fingerprint density at radius 2 is 1.77 bits per heavy atom. The molecule has 3 rings (SSSR count). The number of rotatable bonds is 10. The smallest absolute Gasteiger partial charge is 0.339 e. The van der Waals surface area contributed by atoms with Gasteiger partial charge < -0.3 is 19.5 Å². The standard InChI is InChI=1S/C24H29NO5/c1-4-28-21-14-18(10-13-20(21)29-15-16(2)3)24(27)30-22(17-8-6-5-7-9-17)23(26)25-19-11-12-19/h5-10,13-14,16,19,22H,4,11-12,15H2,1-3H3,(H,25,26)/t22-/m0/s1. The van der Waals surface area contributed by atoms with Crippen molar-refractivity contribution in [3.63, 3.8) is 0 Å². The summed E-state index contributed by atoms with van der Waals surface area (Å²) in [5.41, 5.74) is 0.932. The number of amides is 1. The molecule has 0 radical (unpaired) electrons. The van der Waals surface area contributed by atoms with Gasteiger partial charge in [0.2, 0.25) is 6.10 Å². The number of nitrogens with one attached hydrogen (secondary N) is 1. The Labute approximate surface area is 177 Å². The molecule has 0 unspecified atom stereocenters. The highest BCUT2D eigenvalue weighted by Crippen LogP contribution is 2.30. The summed E-state index contributed by atoms with van der Waals surface area (Å²) in [4.78, 5) is 25.6. The number of hydrogen-bond donors (Lipinski definition) is 1. The van der Waals surface area contributed by atoms with Crippen molar-refractivity contribution in [2.45, 2.75) is 45.8 Å². The maximum Gasteiger partial charge on any atom is 0.339 e. The number of ether oxygens (including phenoxy) is 3. The second-order valence-corrected chi connectivity index (χ2v) is 7.78. The minimum absolute atomic E-state index is 0.171. The van der Waals surface area contributed by atoms with E-state index in [1.165, 1.54) is 0 Å². The highest BCUT2D eigenvalue weighted by molar-refractivity contribution is 5.93. The third-order valence-corrected chi connectivity index (χ3v) is 4.54. The van der Waals surface area contributed by atoms with Crippen molar-refractivity contribution in [1.82, 2.24) is 5.32 Å². The summed E-state index contributed by atoms with van der Waals surface area (Å²) < 4.78 is 17.1. The molecule has 6 nitrogen and oxygen atoms in total. The van der Waals surface area contributed by atoms with Gasteiger partial charge in [-0.3, -0.25) is 4.79 Å². The van der Waals surface area contributed by atoms with Crippen molar-refractivity contribution in [2.75, 3.05) is 13.2 Å². The van der Waals surface area contributed by atoms with E-state index in [4.69, 9.17) is 14.2 Å². The third kappa shape index (κ3) is 5.99. The first-order chi connectivity index (χ1) is 14.5. The van der Waals surface area contributed by atoms with Gasteiger partial charge in [0.1, 0.15) is 0 Å². The fourth-order valence-corrected chi connectivity index (χ4v) is 2.86. The molecule has 1 amide bonds. The summed E-state index contributed by atoms with van der Waals surface area (Å²) in [6.45, 7) is 6.96. The van der Waals surface area contributed by atoms with Gasteiger partial charge in [-0.2, -0.15) is 0 Å². The molecule has 0 heterocycles. The fourth-order valence-electron chi connectivity index (χ4n) is 2.86. The molecule has 0 saturated heterocycles. The molecule has 30 heavy (non-hydrogen) atoms. The van der Waals surface area contributed by atoms with Gasteiger partial charge in [-0.25, -0.2) is 4.79 Å². The summed E-state index contributed by atoms with van der Waals surface area (Å²) in [6, 6.07) is 14.1. The molecule has 2 aromatic carbocycles. The molecule has 0 bridgehead atoms. The molecule has 2 aromatic rings. The van der Waals surface area contributed by atoms with Crippen LogP contribution in [-0.2, 0) is 9.53 Å². The summed E-state index contributed by atoms with van der Waals surface area (Å²) in [5, 5.41) is 2.92. The van der Waals surface area contributed by atoms with Gasteiger partial charge in [0.15, 0.2) is 11.5 Å². The van der Waals surface area contributed by atoms with Crippen LogP contribution in [-0.4, -0.2) is 31.1 Å². The van der Waals surface area contributed by atoms with Gasteiger partial charge in [0.05, 0.1) is 18.8 Å². The molecule has 1 saturated carbocycles. The van der Waals surface area contributed by atoms with Crippen LogP contribution >= 0.6 is 0 Å². The highest BCUT2D eigenvalue weighted by atomic mass is 16.5. The van der Waals surface area contributed by atoms with Crippen molar-refractivity contribution in [3.8, 4) is 11.5 Å². The lowest BCUT2D eigenvalue weighted by Crippen LogP contribution is -2.33. The van der Waals surface area contributed by atoms with E-state index in [1.54, 1.807) is 30.3 Å². The van der Waals surface area contributed by atoms with Crippen molar-refractivity contribution >= 4 is 11.9 Å². The quantitative estimate of drug-likeness (QED) is 0.590. The van der Waals surface area contributed by atoms with E-state index in [9.17, 15) is 9.59 Å². The molecule has 1 atom stereocenters. The topological polar surface area (TPSA) is 73.9 Å². The van der Waals surface area contributed by atoms with Crippen LogP contribution in [0.25, 0.3) is 0 Å². The van der Waals surface area contributed by atoms with E-state index in [0.29, 0.717) is 41.8 Å². The average Bonchev–Trinajstić information content (AvgIpc) is 3.55. The first-order valence-corrected chi connectivity index (χ1v) is 10.4. The summed E-state index contributed by atoms with van der Waals surface area (Å²) in [6.07, 6.45) is 0.903. The van der Waals surface area contributed by atoms with Crippen LogP contribution in [0.5, 0.6) is 11.5 Å². The van der Waals surface area contributed by atoms with E-state index in [-0.39, 0.29) is 11.9 Å². The van der Waals surface area contributed by atoms with E-state index in [0.717, 1.165) is 12.8 Å². The zero-order valence-electron chi connectivity index (χ0n) is 17.7. The van der Waals surface area contributed by atoms with Crippen LogP contribution in [0.15, 0.2) is 48.5 Å². The molecule has 1 fully saturated rings. The van der Waals surface area contributed by atoms with E-state index >= 15 is 0 Å². The summed E-state index contributed by atoms with van der Waals surface area (Å²) >= 11 is 0. The largest absolute Gasteiger partial charge is 0.490 e. The number of esters is 1. The molecule has 0 aliphatic heterocycles. The number of benzene rings is 2. The van der Waals surface area contributed by atoms with Gasteiger partial charge in [-0.1, -0.05) is 44.2 Å². The van der Waals surface area contributed by atoms with Gasteiger partial charge in [-0.05, 0) is 43.9 Å². The number of hydrogen-bond acceptors (Lipinski definition) is 5. The average molecular weight is 411 g/mol. The van der Waals surface area contributed by atoms with Crippen LogP contribution in [0.3, 0.4) is 0 Å². The molecule has 6 heteroatoms. The lowest BCUT2D eigenvalue weighted by molar-refractivity contribution is -0.130. The first kappa shape index (κ1) is 21.7. The third-order valence-electron chi connectivity index (χ3n) is 4.54. The van der Waals surface area contributed by atoms with Crippen LogP contribution < -0.4 is 14.8 Å². The Morgan fingerprint density at radius 1 is 1.03 bits per heavy atom.